The van der Waals surface area contributed by atoms with Gasteiger partial charge < -0.3 is 4.74 Å². The molecule has 0 heterocycles. The van der Waals surface area contributed by atoms with Gasteiger partial charge in [0.25, 0.3) is 0 Å². The van der Waals surface area contributed by atoms with Gasteiger partial charge in [-0.25, -0.2) is 0 Å². The Labute approximate surface area is 120 Å². The number of rotatable bonds is 6. The normalized spacial score (nSPS) is 15.7. The van der Waals surface area contributed by atoms with Gasteiger partial charge in [-0.05, 0) is 52.2 Å². The van der Waals surface area contributed by atoms with Crippen molar-refractivity contribution >= 4 is 11.6 Å². The van der Waals surface area contributed by atoms with Gasteiger partial charge in [-0.1, -0.05) is 23.3 Å². The van der Waals surface area contributed by atoms with E-state index in [2.05, 4.69) is 19.9 Å². The van der Waals surface area contributed by atoms with Gasteiger partial charge in [0.2, 0.25) is 5.78 Å². The highest BCUT2D eigenvalue weighted by Crippen LogP contribution is 2.20. The summed E-state index contributed by atoms with van der Waals surface area (Å²) in [6, 6.07) is 0. The first-order chi connectivity index (χ1) is 9.45. The predicted molar refractivity (Wildman–Crippen MR) is 80.2 cm³/mol. The number of hydrogen-bond acceptors (Lipinski definition) is 3. The lowest BCUT2D eigenvalue weighted by Gasteiger charge is -2.12. The van der Waals surface area contributed by atoms with Crippen LogP contribution in [0.5, 0.6) is 0 Å². The third-order valence-electron chi connectivity index (χ3n) is 3.13. The van der Waals surface area contributed by atoms with E-state index < -0.39 is 0 Å². The van der Waals surface area contributed by atoms with Crippen LogP contribution in [0.15, 0.2) is 46.8 Å². The van der Waals surface area contributed by atoms with Crippen LogP contribution in [0.25, 0.3) is 0 Å². The molecule has 108 valence electrons. The third kappa shape index (κ3) is 4.65. The Morgan fingerprint density at radius 3 is 2.35 bits per heavy atom. The summed E-state index contributed by atoms with van der Waals surface area (Å²) < 4.78 is 5.05. The molecule has 0 aromatic heterocycles. The zero-order chi connectivity index (χ0) is 15.1. The van der Waals surface area contributed by atoms with Gasteiger partial charge in [0, 0.05) is 5.57 Å². The molecule has 0 aliphatic heterocycles. The van der Waals surface area contributed by atoms with Crippen LogP contribution >= 0.6 is 0 Å². The van der Waals surface area contributed by atoms with E-state index in [1.165, 1.54) is 30.4 Å². The van der Waals surface area contributed by atoms with E-state index in [9.17, 15) is 9.59 Å². The molecule has 3 heteroatoms. The molecule has 0 amide bonds. The standard InChI is InChI=1S/C17H22O3/c1-12(2)6-5-7-13(3)8-9-14-15(18)10-11-16(19)17(14)20-4/h6,8,10-11H,5,7,9H2,1-4H3/b13-8+. The molecule has 0 spiro atoms. The second-order valence-corrected chi connectivity index (χ2v) is 5.15. The smallest absolute Gasteiger partial charge is 0.220 e. The van der Waals surface area contributed by atoms with Crippen LogP contribution in [-0.4, -0.2) is 18.7 Å². The molecular formula is C17H22O3. The molecule has 0 aromatic carbocycles. The third-order valence-corrected chi connectivity index (χ3v) is 3.13. The number of carbonyl (C=O) groups is 2. The van der Waals surface area contributed by atoms with Gasteiger partial charge >= 0.3 is 0 Å². The van der Waals surface area contributed by atoms with E-state index in [1.54, 1.807) is 0 Å². The predicted octanol–water partition coefficient (Wildman–Crippen LogP) is 3.68. The van der Waals surface area contributed by atoms with Crippen LogP contribution < -0.4 is 0 Å². The summed E-state index contributed by atoms with van der Waals surface area (Å²) in [6.07, 6.45) is 9.15. The average Bonchev–Trinajstić information content (AvgIpc) is 2.39. The largest absolute Gasteiger partial charge is 0.492 e. The molecule has 0 atom stereocenters. The van der Waals surface area contributed by atoms with Gasteiger partial charge in [0.05, 0.1) is 7.11 Å². The van der Waals surface area contributed by atoms with Crippen molar-refractivity contribution in [1.29, 1.82) is 0 Å². The number of hydrogen-bond donors (Lipinski definition) is 0. The Bertz CT molecular complexity index is 512. The Balaban J connectivity index is 2.73. The van der Waals surface area contributed by atoms with Crippen LogP contribution in [0, 0.1) is 0 Å². The first-order valence-corrected chi connectivity index (χ1v) is 6.78. The molecule has 1 aliphatic rings. The van der Waals surface area contributed by atoms with E-state index >= 15 is 0 Å². The molecule has 3 nitrogen and oxygen atoms in total. The van der Waals surface area contributed by atoms with Gasteiger partial charge in [-0.15, -0.1) is 0 Å². The number of methoxy groups -OCH3 is 1. The molecule has 0 N–H and O–H groups in total. The molecule has 0 radical (unpaired) electrons. The summed E-state index contributed by atoms with van der Waals surface area (Å²) in [5.41, 5.74) is 2.96. The molecule has 0 saturated carbocycles. The Hall–Kier alpha value is -1.90. The van der Waals surface area contributed by atoms with Crippen molar-refractivity contribution in [3.63, 3.8) is 0 Å². The highest BCUT2D eigenvalue weighted by molar-refractivity contribution is 6.19. The van der Waals surface area contributed by atoms with Crippen molar-refractivity contribution < 1.29 is 14.3 Å². The van der Waals surface area contributed by atoms with E-state index in [-0.39, 0.29) is 17.3 Å². The SMILES string of the molecule is COC1=C(C/C=C(\C)CCC=C(C)C)C(=O)C=CC1=O. The minimum atomic E-state index is -0.238. The molecule has 0 aromatic rings. The van der Waals surface area contributed by atoms with Crippen molar-refractivity contribution in [2.75, 3.05) is 7.11 Å². The first kappa shape index (κ1) is 16.2. The van der Waals surface area contributed by atoms with Gasteiger partial charge in [-0.3, -0.25) is 9.59 Å². The lowest BCUT2D eigenvalue weighted by Crippen LogP contribution is -2.15. The fourth-order valence-electron chi connectivity index (χ4n) is 1.97. The Morgan fingerprint density at radius 1 is 1.10 bits per heavy atom. The van der Waals surface area contributed by atoms with Crippen LogP contribution in [0.3, 0.4) is 0 Å². The van der Waals surface area contributed by atoms with Crippen molar-refractivity contribution in [2.24, 2.45) is 0 Å². The first-order valence-electron chi connectivity index (χ1n) is 6.78. The number of ether oxygens (including phenoxy) is 1. The van der Waals surface area contributed by atoms with E-state index in [0.29, 0.717) is 12.0 Å². The quantitative estimate of drug-likeness (QED) is 0.548. The Morgan fingerprint density at radius 2 is 1.75 bits per heavy atom. The molecular weight excluding hydrogens is 252 g/mol. The van der Waals surface area contributed by atoms with Gasteiger partial charge in [0.15, 0.2) is 11.5 Å². The lowest BCUT2D eigenvalue weighted by molar-refractivity contribution is -0.117. The number of allylic oxidation sites excluding steroid dienone is 7. The van der Waals surface area contributed by atoms with E-state index in [4.69, 9.17) is 4.74 Å². The summed E-state index contributed by atoms with van der Waals surface area (Å²) >= 11 is 0. The highest BCUT2D eigenvalue weighted by Gasteiger charge is 2.22. The Kier molecular flexibility index (Phi) is 6.16. The van der Waals surface area contributed by atoms with Crippen molar-refractivity contribution in [3.8, 4) is 0 Å². The molecule has 0 fully saturated rings. The number of ketones is 2. The fraction of sp³-hybridized carbons (Fsp3) is 0.412. The maximum atomic E-state index is 11.8. The molecule has 1 rings (SSSR count). The van der Waals surface area contributed by atoms with Crippen LogP contribution in [0.2, 0.25) is 0 Å². The van der Waals surface area contributed by atoms with Crippen LogP contribution in [-0.2, 0) is 14.3 Å². The minimum Gasteiger partial charge on any atom is -0.492 e. The molecule has 0 unspecified atom stereocenters. The molecule has 1 aliphatic carbocycles. The van der Waals surface area contributed by atoms with E-state index in [0.717, 1.165) is 12.8 Å². The summed E-state index contributed by atoms with van der Waals surface area (Å²) in [4.78, 5) is 23.4. The van der Waals surface area contributed by atoms with Crippen LogP contribution in [0.1, 0.15) is 40.0 Å². The lowest BCUT2D eigenvalue weighted by atomic mass is 9.97. The minimum absolute atomic E-state index is 0.144. The molecule has 0 saturated heterocycles. The second-order valence-electron chi connectivity index (χ2n) is 5.15. The summed E-state index contributed by atoms with van der Waals surface area (Å²) in [6.45, 7) is 6.19. The number of carbonyl (C=O) groups excluding carboxylic acids is 2. The van der Waals surface area contributed by atoms with Crippen LogP contribution in [0.4, 0.5) is 0 Å². The monoisotopic (exact) mass is 274 g/mol. The summed E-state index contributed by atoms with van der Waals surface area (Å²) in [5, 5.41) is 0. The fourth-order valence-corrected chi connectivity index (χ4v) is 1.97. The summed E-state index contributed by atoms with van der Waals surface area (Å²) in [7, 11) is 1.42. The maximum Gasteiger partial charge on any atom is 0.220 e. The van der Waals surface area contributed by atoms with Crippen molar-refractivity contribution in [3.05, 3.63) is 46.8 Å². The average molecular weight is 274 g/mol. The van der Waals surface area contributed by atoms with E-state index in [1.807, 2.05) is 13.0 Å². The summed E-state index contributed by atoms with van der Waals surface area (Å²) in [5.74, 6) is -0.210. The van der Waals surface area contributed by atoms with Gasteiger partial charge in [-0.2, -0.15) is 0 Å². The zero-order valence-corrected chi connectivity index (χ0v) is 12.7. The zero-order valence-electron chi connectivity index (χ0n) is 12.7. The van der Waals surface area contributed by atoms with Crippen molar-refractivity contribution in [1.82, 2.24) is 0 Å². The van der Waals surface area contributed by atoms with Crippen molar-refractivity contribution in [2.45, 2.75) is 40.0 Å². The van der Waals surface area contributed by atoms with Gasteiger partial charge in [0.1, 0.15) is 0 Å². The topological polar surface area (TPSA) is 43.4 Å². The molecule has 0 bridgehead atoms. The second kappa shape index (κ2) is 7.63. The highest BCUT2D eigenvalue weighted by atomic mass is 16.5. The molecule has 20 heavy (non-hydrogen) atoms. The maximum absolute atomic E-state index is 11.8.